The minimum Gasteiger partial charge on any atom is -0.247 e. The Labute approximate surface area is 57.5 Å². The second-order valence-electron chi connectivity index (χ2n) is 2.46. The molecule has 1 radical (unpaired) electrons. The molecule has 0 aromatic carbocycles. The summed E-state index contributed by atoms with van der Waals surface area (Å²) in [4.78, 5) is 0. The van der Waals surface area contributed by atoms with E-state index < -0.39 is 6.17 Å². The Morgan fingerprint density at radius 3 is 2.33 bits per heavy atom. The van der Waals surface area contributed by atoms with Gasteiger partial charge in [0.2, 0.25) is 0 Å². The Morgan fingerprint density at radius 1 is 1.44 bits per heavy atom. The highest BCUT2D eigenvalue weighted by molar-refractivity contribution is 4.90. The second-order valence-corrected chi connectivity index (χ2v) is 2.46. The van der Waals surface area contributed by atoms with Crippen molar-refractivity contribution in [1.82, 2.24) is 0 Å². The van der Waals surface area contributed by atoms with Gasteiger partial charge < -0.3 is 0 Å². The third-order valence-electron chi connectivity index (χ3n) is 1.63. The molecule has 0 spiro atoms. The molecule has 0 aliphatic rings. The molecule has 0 aliphatic carbocycles. The highest BCUT2D eigenvalue weighted by atomic mass is 19.1. The quantitative estimate of drug-likeness (QED) is 0.550. The van der Waals surface area contributed by atoms with Crippen LogP contribution in [0.2, 0.25) is 0 Å². The fourth-order valence-corrected chi connectivity index (χ4v) is 0.721. The predicted molar refractivity (Wildman–Crippen MR) is 39.0 cm³/mol. The molecule has 0 saturated carbocycles. The molecule has 0 amide bonds. The first-order valence-electron chi connectivity index (χ1n) is 3.68. The zero-order chi connectivity index (χ0) is 7.28. The molecule has 1 unspecified atom stereocenters. The van der Waals surface area contributed by atoms with Crippen LogP contribution in [0, 0.1) is 5.92 Å². The molecular weight excluding hydrogens is 115 g/mol. The van der Waals surface area contributed by atoms with Crippen LogP contribution in [-0.2, 0) is 0 Å². The molecule has 0 aromatic heterocycles. The molecule has 0 nitrogen and oxygen atoms in total. The minimum absolute atomic E-state index is 0.653. The van der Waals surface area contributed by atoms with E-state index in [4.69, 9.17) is 0 Å². The van der Waals surface area contributed by atoms with Crippen LogP contribution in [-0.4, -0.2) is 6.17 Å². The Kier molecular flexibility index (Phi) is 4.74. The lowest BCUT2D eigenvalue weighted by Gasteiger charge is -2.11. The summed E-state index contributed by atoms with van der Waals surface area (Å²) in [5, 5.41) is 0. The number of hydrogen-bond acceptors (Lipinski definition) is 0. The van der Waals surface area contributed by atoms with Gasteiger partial charge in [-0.25, -0.2) is 4.39 Å². The first-order chi connectivity index (χ1) is 4.22. The smallest absolute Gasteiger partial charge is 0.106 e. The van der Waals surface area contributed by atoms with Crippen molar-refractivity contribution in [3.05, 3.63) is 5.92 Å². The largest absolute Gasteiger partial charge is 0.247 e. The second kappa shape index (κ2) is 4.78. The van der Waals surface area contributed by atoms with Gasteiger partial charge in [0.25, 0.3) is 0 Å². The van der Waals surface area contributed by atoms with E-state index in [1.54, 1.807) is 0 Å². The maximum atomic E-state index is 12.8. The van der Waals surface area contributed by atoms with Crippen molar-refractivity contribution >= 4 is 0 Å². The van der Waals surface area contributed by atoms with Crippen LogP contribution >= 0.6 is 0 Å². The maximum absolute atomic E-state index is 12.8. The molecular formula is C8H16F. The monoisotopic (exact) mass is 131 g/mol. The van der Waals surface area contributed by atoms with Crippen molar-refractivity contribution in [3.8, 4) is 0 Å². The van der Waals surface area contributed by atoms with Crippen LogP contribution in [0.4, 0.5) is 4.39 Å². The number of halogens is 1. The number of alkyl halides is 1. The summed E-state index contributed by atoms with van der Waals surface area (Å²) in [6.45, 7) is 5.90. The van der Waals surface area contributed by atoms with Gasteiger partial charge in [-0.05, 0) is 12.8 Å². The predicted octanol–water partition coefficient (Wildman–Crippen LogP) is 3.13. The van der Waals surface area contributed by atoms with Crippen molar-refractivity contribution < 1.29 is 4.39 Å². The van der Waals surface area contributed by atoms with Gasteiger partial charge in [0.1, 0.15) is 6.17 Å². The van der Waals surface area contributed by atoms with E-state index >= 15 is 0 Å². The van der Waals surface area contributed by atoms with Crippen LogP contribution in [0.1, 0.15) is 40.0 Å². The zero-order valence-corrected chi connectivity index (χ0v) is 6.58. The molecule has 0 rings (SSSR count). The average Bonchev–Trinajstić information content (AvgIpc) is 1.87. The van der Waals surface area contributed by atoms with Gasteiger partial charge >= 0.3 is 0 Å². The van der Waals surface area contributed by atoms with Gasteiger partial charge in [0.15, 0.2) is 0 Å². The summed E-state index contributed by atoms with van der Waals surface area (Å²) >= 11 is 0. The summed E-state index contributed by atoms with van der Waals surface area (Å²) in [7, 11) is 0. The molecule has 0 fully saturated rings. The topological polar surface area (TPSA) is 0 Å². The van der Waals surface area contributed by atoms with Crippen LogP contribution in [0.3, 0.4) is 0 Å². The molecule has 0 saturated heterocycles. The number of rotatable bonds is 4. The average molecular weight is 131 g/mol. The van der Waals surface area contributed by atoms with Gasteiger partial charge in [-0.1, -0.05) is 27.2 Å². The van der Waals surface area contributed by atoms with Crippen LogP contribution < -0.4 is 0 Å². The molecule has 1 heteroatoms. The molecule has 0 aromatic rings. The van der Waals surface area contributed by atoms with Crippen LogP contribution in [0.5, 0.6) is 0 Å². The Hall–Kier alpha value is -0.0700. The molecule has 0 N–H and O–H groups in total. The van der Waals surface area contributed by atoms with Gasteiger partial charge in [0.05, 0.1) is 0 Å². The highest BCUT2D eigenvalue weighted by Gasteiger charge is 2.12. The molecule has 0 heterocycles. The molecule has 9 heavy (non-hydrogen) atoms. The first-order valence-corrected chi connectivity index (χ1v) is 3.68. The fourth-order valence-electron chi connectivity index (χ4n) is 0.721. The molecule has 0 bridgehead atoms. The molecule has 55 valence electrons. The standard InChI is InChI=1S/C8H16F/c1-4-6-8(9)7(3)5-2/h8H,4-6H2,1-3H3. The minimum atomic E-state index is -0.653. The van der Waals surface area contributed by atoms with Crippen molar-refractivity contribution in [2.75, 3.05) is 0 Å². The van der Waals surface area contributed by atoms with Crippen molar-refractivity contribution in [2.24, 2.45) is 0 Å². The van der Waals surface area contributed by atoms with Crippen LogP contribution in [0.15, 0.2) is 0 Å². The lowest BCUT2D eigenvalue weighted by molar-refractivity contribution is 0.317. The first kappa shape index (κ1) is 8.93. The molecule has 1 atom stereocenters. The van der Waals surface area contributed by atoms with Gasteiger partial charge in [-0.3, -0.25) is 0 Å². The third kappa shape index (κ3) is 3.50. The highest BCUT2D eigenvalue weighted by Crippen LogP contribution is 2.17. The van der Waals surface area contributed by atoms with E-state index in [9.17, 15) is 4.39 Å². The van der Waals surface area contributed by atoms with E-state index in [2.05, 4.69) is 0 Å². The summed E-state index contributed by atoms with van der Waals surface area (Å²) < 4.78 is 12.8. The van der Waals surface area contributed by atoms with E-state index in [0.717, 1.165) is 18.8 Å². The Bertz CT molecular complexity index is 61.6. The summed E-state index contributed by atoms with van der Waals surface area (Å²) in [5.74, 6) is 0.983. The fraction of sp³-hybridized carbons (Fsp3) is 0.875. The van der Waals surface area contributed by atoms with Crippen LogP contribution in [0.25, 0.3) is 0 Å². The van der Waals surface area contributed by atoms with E-state index in [0.29, 0.717) is 6.42 Å². The van der Waals surface area contributed by atoms with Crippen molar-refractivity contribution in [2.45, 2.75) is 46.2 Å². The van der Waals surface area contributed by atoms with Gasteiger partial charge in [-0.2, -0.15) is 0 Å². The SMILES string of the molecule is CCCC(F)[C](C)CC. The van der Waals surface area contributed by atoms with Gasteiger partial charge in [0, 0.05) is 5.92 Å². The third-order valence-corrected chi connectivity index (χ3v) is 1.63. The maximum Gasteiger partial charge on any atom is 0.106 e. The lowest BCUT2D eigenvalue weighted by Crippen LogP contribution is -2.08. The summed E-state index contributed by atoms with van der Waals surface area (Å²) in [6.07, 6.45) is 1.86. The lowest BCUT2D eigenvalue weighted by atomic mass is 10.00. The van der Waals surface area contributed by atoms with Crippen molar-refractivity contribution in [3.63, 3.8) is 0 Å². The Morgan fingerprint density at radius 2 is 2.00 bits per heavy atom. The van der Waals surface area contributed by atoms with Crippen molar-refractivity contribution in [1.29, 1.82) is 0 Å². The van der Waals surface area contributed by atoms with E-state index in [1.807, 2.05) is 20.8 Å². The molecule has 0 aliphatic heterocycles. The number of hydrogen-bond donors (Lipinski definition) is 0. The Balaban J connectivity index is 3.32. The zero-order valence-electron chi connectivity index (χ0n) is 6.58. The summed E-state index contributed by atoms with van der Waals surface area (Å²) in [5.41, 5.74) is 0. The van der Waals surface area contributed by atoms with E-state index in [1.165, 1.54) is 0 Å². The normalized spacial score (nSPS) is 14.3. The van der Waals surface area contributed by atoms with Gasteiger partial charge in [-0.15, -0.1) is 0 Å². The van der Waals surface area contributed by atoms with E-state index in [-0.39, 0.29) is 0 Å². The summed E-state index contributed by atoms with van der Waals surface area (Å²) in [6, 6.07) is 0.